The molecule has 0 spiro atoms. The smallest absolute Gasteiger partial charge is 0.270 e. The molecule has 5 aromatic rings. The largest absolute Gasteiger partial charge is 0.274 e. The number of imidazole rings is 2. The van der Waals surface area contributed by atoms with Crippen molar-refractivity contribution in [3.05, 3.63) is 99.9 Å². The van der Waals surface area contributed by atoms with Gasteiger partial charge in [-0.3, -0.25) is 14.5 Å². The predicted octanol–water partition coefficient (Wildman–Crippen LogP) is 4.01. The first kappa shape index (κ1) is 16.1. The predicted molar refractivity (Wildman–Crippen MR) is 108 cm³/mol. The van der Waals surface area contributed by atoms with Crippen LogP contribution in [-0.2, 0) is 0 Å². The third-order valence-electron chi connectivity index (χ3n) is 4.64. The van der Waals surface area contributed by atoms with Gasteiger partial charge in [0.25, 0.3) is 5.69 Å². The van der Waals surface area contributed by atoms with Crippen LogP contribution in [0.1, 0.15) is 5.56 Å². The van der Waals surface area contributed by atoms with Gasteiger partial charge in [-0.25, -0.2) is 9.97 Å². The summed E-state index contributed by atoms with van der Waals surface area (Å²) >= 11 is 0. The number of nitrogens with zero attached hydrogens (tertiary/aromatic N) is 4. The summed E-state index contributed by atoms with van der Waals surface area (Å²) < 4.78 is 2.04. The van der Waals surface area contributed by atoms with E-state index in [0.717, 1.165) is 28.1 Å². The summed E-state index contributed by atoms with van der Waals surface area (Å²) in [6.07, 6.45) is 1.83. The van der Waals surface area contributed by atoms with E-state index in [9.17, 15) is 10.1 Å². The average Bonchev–Trinajstić information content (AvgIpc) is 3.27. The quantitative estimate of drug-likeness (QED) is 0.357. The standard InChI is InChI=1S/C22H14N4O2/c27-26(28)17-10-6-7-15(13-17)14-19-22-23-18-11-4-5-12-20(18)25(22)21(24-19)16-8-2-1-3-9-16/h1-14H/b19-14+. The van der Waals surface area contributed by atoms with Crippen molar-refractivity contribution in [3.63, 3.8) is 0 Å². The van der Waals surface area contributed by atoms with Crippen LogP contribution in [0.3, 0.4) is 0 Å². The van der Waals surface area contributed by atoms with Gasteiger partial charge in [0.2, 0.25) is 0 Å². The van der Waals surface area contributed by atoms with Crippen molar-refractivity contribution in [1.82, 2.24) is 14.4 Å². The Morgan fingerprint density at radius 2 is 1.68 bits per heavy atom. The van der Waals surface area contributed by atoms with Gasteiger partial charge in [-0.1, -0.05) is 54.6 Å². The molecule has 0 atom stereocenters. The molecule has 0 N–H and O–H groups in total. The maximum Gasteiger partial charge on any atom is 0.270 e. The minimum absolute atomic E-state index is 0.0492. The normalized spacial score (nSPS) is 12.1. The molecular formula is C22H14N4O2. The zero-order chi connectivity index (χ0) is 19.1. The second-order valence-electron chi connectivity index (χ2n) is 6.44. The molecule has 0 unspecified atom stereocenters. The molecule has 3 aromatic carbocycles. The van der Waals surface area contributed by atoms with E-state index in [1.807, 2.05) is 71.1 Å². The Morgan fingerprint density at radius 3 is 2.50 bits per heavy atom. The Kier molecular flexibility index (Phi) is 3.62. The minimum Gasteiger partial charge on any atom is -0.274 e. The van der Waals surface area contributed by atoms with Crippen LogP contribution in [0.4, 0.5) is 5.69 Å². The Balaban J connectivity index is 1.83. The molecule has 0 aliphatic heterocycles. The number of rotatable bonds is 3. The topological polar surface area (TPSA) is 73.3 Å². The summed E-state index contributed by atoms with van der Waals surface area (Å²) in [5.74, 6) is 0.793. The molecule has 0 amide bonds. The number of benzene rings is 3. The molecule has 2 aromatic heterocycles. The van der Waals surface area contributed by atoms with E-state index in [4.69, 9.17) is 9.97 Å². The first-order chi connectivity index (χ1) is 13.7. The molecule has 2 heterocycles. The second kappa shape index (κ2) is 6.28. The zero-order valence-corrected chi connectivity index (χ0v) is 14.7. The molecular weight excluding hydrogens is 352 g/mol. The van der Waals surface area contributed by atoms with Gasteiger partial charge in [-0.15, -0.1) is 0 Å². The van der Waals surface area contributed by atoms with Crippen molar-refractivity contribution in [2.45, 2.75) is 0 Å². The summed E-state index contributed by atoms with van der Waals surface area (Å²) in [4.78, 5) is 20.3. The van der Waals surface area contributed by atoms with Crippen LogP contribution in [-0.4, -0.2) is 19.3 Å². The fourth-order valence-electron chi connectivity index (χ4n) is 3.39. The average molecular weight is 366 g/mol. The van der Waals surface area contributed by atoms with E-state index in [-0.39, 0.29) is 5.69 Å². The number of para-hydroxylation sites is 2. The number of nitro groups is 1. The molecule has 0 saturated carbocycles. The van der Waals surface area contributed by atoms with E-state index >= 15 is 0 Å². The monoisotopic (exact) mass is 366 g/mol. The molecule has 134 valence electrons. The molecule has 0 bridgehead atoms. The van der Waals surface area contributed by atoms with Crippen molar-refractivity contribution < 1.29 is 4.92 Å². The van der Waals surface area contributed by atoms with Gasteiger partial charge in [-0.05, 0) is 23.8 Å². The number of fused-ring (bicyclic) bond motifs is 3. The molecule has 5 rings (SSSR count). The fraction of sp³-hybridized carbons (Fsp3) is 0. The van der Waals surface area contributed by atoms with Gasteiger partial charge in [0.05, 0.1) is 16.0 Å². The first-order valence-electron chi connectivity index (χ1n) is 8.79. The van der Waals surface area contributed by atoms with Crippen LogP contribution in [0.2, 0.25) is 0 Å². The highest BCUT2D eigenvalue weighted by molar-refractivity contribution is 5.84. The third kappa shape index (κ3) is 2.59. The maximum atomic E-state index is 11.1. The summed E-state index contributed by atoms with van der Waals surface area (Å²) in [5.41, 5.74) is 4.32. The molecule has 0 aliphatic rings. The molecule has 0 radical (unpaired) electrons. The number of nitro benzene ring substituents is 1. The third-order valence-corrected chi connectivity index (χ3v) is 4.64. The molecule has 0 fully saturated rings. The Morgan fingerprint density at radius 1 is 0.893 bits per heavy atom. The van der Waals surface area contributed by atoms with Crippen LogP contribution >= 0.6 is 0 Å². The zero-order valence-electron chi connectivity index (χ0n) is 14.7. The highest BCUT2D eigenvalue weighted by atomic mass is 16.6. The van der Waals surface area contributed by atoms with E-state index in [2.05, 4.69) is 0 Å². The number of hydrogen-bond acceptors (Lipinski definition) is 4. The van der Waals surface area contributed by atoms with Crippen molar-refractivity contribution in [3.8, 4) is 11.4 Å². The lowest BCUT2D eigenvalue weighted by molar-refractivity contribution is -0.384. The Labute approximate surface area is 159 Å². The second-order valence-corrected chi connectivity index (χ2v) is 6.44. The Bertz CT molecular complexity index is 1390. The van der Waals surface area contributed by atoms with Gasteiger partial charge in [0, 0.05) is 17.7 Å². The first-order valence-corrected chi connectivity index (χ1v) is 8.79. The summed E-state index contributed by atoms with van der Waals surface area (Å²) in [6.45, 7) is 0. The SMILES string of the molecule is O=[N+]([O-])c1cccc(/C=c2/nc(-c3ccccc3)n3c2nc2ccccc23)c1. The van der Waals surface area contributed by atoms with Crippen molar-refractivity contribution in [2.75, 3.05) is 0 Å². The van der Waals surface area contributed by atoms with Gasteiger partial charge in [-0.2, -0.15) is 0 Å². The van der Waals surface area contributed by atoms with Gasteiger partial charge in [0.1, 0.15) is 11.2 Å². The highest BCUT2D eigenvalue weighted by Crippen LogP contribution is 2.23. The molecule has 6 heteroatoms. The lowest BCUT2D eigenvalue weighted by Gasteiger charge is -1.99. The molecule has 0 aliphatic carbocycles. The Hall–Kier alpha value is -4.06. The van der Waals surface area contributed by atoms with Crippen LogP contribution < -0.4 is 5.35 Å². The van der Waals surface area contributed by atoms with E-state index < -0.39 is 4.92 Å². The van der Waals surface area contributed by atoms with E-state index in [0.29, 0.717) is 10.9 Å². The van der Waals surface area contributed by atoms with Crippen LogP contribution in [0.15, 0.2) is 78.9 Å². The van der Waals surface area contributed by atoms with Crippen LogP contribution in [0.5, 0.6) is 0 Å². The summed E-state index contributed by atoms with van der Waals surface area (Å²) in [6, 6.07) is 24.3. The molecule has 0 saturated heterocycles. The maximum absolute atomic E-state index is 11.1. The van der Waals surface area contributed by atoms with Crippen LogP contribution in [0.25, 0.3) is 34.1 Å². The number of hydrogen-bond donors (Lipinski definition) is 0. The minimum atomic E-state index is -0.398. The summed E-state index contributed by atoms with van der Waals surface area (Å²) in [5, 5.41) is 11.8. The molecule has 28 heavy (non-hydrogen) atoms. The van der Waals surface area contributed by atoms with E-state index in [1.165, 1.54) is 12.1 Å². The lowest BCUT2D eigenvalue weighted by Crippen LogP contribution is -2.03. The van der Waals surface area contributed by atoms with Crippen molar-refractivity contribution in [2.24, 2.45) is 0 Å². The molecule has 6 nitrogen and oxygen atoms in total. The number of non-ortho nitro benzene ring substituents is 1. The summed E-state index contributed by atoms with van der Waals surface area (Å²) in [7, 11) is 0. The van der Waals surface area contributed by atoms with Gasteiger partial charge >= 0.3 is 0 Å². The van der Waals surface area contributed by atoms with Crippen LogP contribution in [0, 0.1) is 10.1 Å². The van der Waals surface area contributed by atoms with Gasteiger partial charge < -0.3 is 0 Å². The highest BCUT2D eigenvalue weighted by Gasteiger charge is 2.15. The van der Waals surface area contributed by atoms with Gasteiger partial charge in [0.15, 0.2) is 5.65 Å². The lowest BCUT2D eigenvalue weighted by atomic mass is 10.2. The fourth-order valence-corrected chi connectivity index (χ4v) is 3.39. The van der Waals surface area contributed by atoms with Crippen molar-refractivity contribution >= 4 is 28.4 Å². The van der Waals surface area contributed by atoms with Crippen molar-refractivity contribution in [1.29, 1.82) is 0 Å². The number of aromatic nitrogens is 3. The van der Waals surface area contributed by atoms with E-state index in [1.54, 1.807) is 6.07 Å².